The molecule has 32 heavy (non-hydrogen) atoms. The first-order chi connectivity index (χ1) is 15.3. The Morgan fingerprint density at radius 3 is 2.34 bits per heavy atom. The summed E-state index contributed by atoms with van der Waals surface area (Å²) < 4.78 is 6.65. The van der Waals surface area contributed by atoms with Crippen LogP contribution in [0.2, 0.25) is 0 Å². The van der Waals surface area contributed by atoms with Gasteiger partial charge in [-0.15, -0.1) is 0 Å². The van der Waals surface area contributed by atoms with Crippen molar-refractivity contribution >= 4 is 29.5 Å². The molecule has 0 fully saturated rings. The number of hydrogen-bond acceptors (Lipinski definition) is 4. The van der Waals surface area contributed by atoms with Crippen LogP contribution >= 0.6 is 0 Å². The fourth-order valence-electron chi connectivity index (χ4n) is 3.33. The maximum absolute atomic E-state index is 12.4. The predicted molar refractivity (Wildman–Crippen MR) is 127 cm³/mol. The number of nitrogens with zero attached hydrogens (tertiary/aromatic N) is 3. The zero-order chi connectivity index (χ0) is 23.3. The number of methoxy groups -OCH3 is 1. The second kappa shape index (κ2) is 9.96. The van der Waals surface area contributed by atoms with Crippen molar-refractivity contribution in [3.63, 3.8) is 0 Å². The molecule has 7 nitrogen and oxygen atoms in total. The maximum Gasteiger partial charge on any atom is 0.413 e. The Hall–Kier alpha value is -3.87. The number of hydrogen-bond donors (Lipinski definition) is 1. The van der Waals surface area contributed by atoms with Crippen molar-refractivity contribution in [1.29, 1.82) is 0 Å². The van der Waals surface area contributed by atoms with Gasteiger partial charge >= 0.3 is 6.09 Å². The molecule has 1 heterocycles. The van der Waals surface area contributed by atoms with Gasteiger partial charge in [-0.25, -0.2) is 4.79 Å². The summed E-state index contributed by atoms with van der Waals surface area (Å²) in [6, 6.07) is 15.3. The van der Waals surface area contributed by atoms with Gasteiger partial charge in [0.15, 0.2) is 0 Å². The number of benzene rings is 2. The highest BCUT2D eigenvalue weighted by Gasteiger charge is 2.12. The molecule has 3 aromatic rings. The van der Waals surface area contributed by atoms with Gasteiger partial charge < -0.3 is 10.1 Å². The second-order valence-electron chi connectivity index (χ2n) is 7.63. The molecule has 1 N–H and O–H groups in total. The van der Waals surface area contributed by atoms with E-state index in [2.05, 4.69) is 41.6 Å². The van der Waals surface area contributed by atoms with Crippen molar-refractivity contribution in [3.05, 3.63) is 82.7 Å². The normalized spacial score (nSPS) is 10.9. The number of nitrogens with one attached hydrogen (secondary N) is 1. The molecule has 7 heteroatoms. The highest BCUT2D eigenvalue weighted by atomic mass is 16.5. The van der Waals surface area contributed by atoms with Crippen molar-refractivity contribution in [2.24, 2.45) is 0 Å². The first-order valence-electron chi connectivity index (χ1n) is 10.3. The van der Waals surface area contributed by atoms with Crippen LogP contribution in [0.1, 0.15) is 28.1 Å². The average Bonchev–Trinajstić information content (AvgIpc) is 3.05. The molecule has 0 saturated carbocycles. The van der Waals surface area contributed by atoms with Crippen molar-refractivity contribution in [2.45, 2.75) is 27.3 Å². The summed E-state index contributed by atoms with van der Waals surface area (Å²) in [5.41, 5.74) is 6.50. The number of anilines is 2. The number of aromatic nitrogens is 2. The standard InChI is InChI=1S/C25H28N4O3/c1-17-6-8-20(9-7-17)16-29-19(3)23(18(2)27-29)14-15-24(30)26-21-10-12-22(13-11-21)28(4)25(31)32-5/h6-15H,16H2,1-5H3,(H,26,30). The number of amides is 2. The summed E-state index contributed by atoms with van der Waals surface area (Å²) in [4.78, 5) is 25.4. The minimum absolute atomic E-state index is 0.246. The summed E-state index contributed by atoms with van der Waals surface area (Å²) in [6.45, 7) is 6.69. The predicted octanol–water partition coefficient (Wildman–Crippen LogP) is 4.71. The first-order valence-corrected chi connectivity index (χ1v) is 10.3. The SMILES string of the molecule is COC(=O)N(C)c1ccc(NC(=O)C=Cc2c(C)nn(Cc3ccc(C)cc3)c2C)cc1. The molecule has 166 valence electrons. The van der Waals surface area contributed by atoms with Crippen LogP contribution in [0.3, 0.4) is 0 Å². The molecule has 1 aromatic heterocycles. The maximum atomic E-state index is 12.4. The molecule has 3 rings (SSSR count). The zero-order valence-electron chi connectivity index (χ0n) is 19.0. The van der Waals surface area contributed by atoms with Gasteiger partial charge in [0.25, 0.3) is 0 Å². The van der Waals surface area contributed by atoms with Gasteiger partial charge in [0.05, 0.1) is 19.3 Å². The number of carbonyl (C=O) groups excluding carboxylic acids is 2. The molecule has 0 saturated heterocycles. The van der Waals surface area contributed by atoms with Crippen LogP contribution in [0.15, 0.2) is 54.6 Å². The molecular formula is C25H28N4O3. The van der Waals surface area contributed by atoms with Crippen LogP contribution in [0, 0.1) is 20.8 Å². The van der Waals surface area contributed by atoms with Crippen LogP contribution < -0.4 is 10.2 Å². The van der Waals surface area contributed by atoms with Crippen molar-refractivity contribution in [1.82, 2.24) is 9.78 Å². The second-order valence-corrected chi connectivity index (χ2v) is 7.63. The van der Waals surface area contributed by atoms with E-state index in [1.165, 1.54) is 29.2 Å². The zero-order valence-corrected chi connectivity index (χ0v) is 19.0. The van der Waals surface area contributed by atoms with Gasteiger partial charge in [-0.3, -0.25) is 14.4 Å². The Morgan fingerprint density at radius 2 is 1.72 bits per heavy atom. The fourth-order valence-corrected chi connectivity index (χ4v) is 3.33. The third-order valence-electron chi connectivity index (χ3n) is 5.26. The van der Waals surface area contributed by atoms with Crippen LogP contribution in [-0.4, -0.2) is 35.9 Å². The third-order valence-corrected chi connectivity index (χ3v) is 5.26. The van der Waals surface area contributed by atoms with E-state index in [4.69, 9.17) is 4.74 Å². The van der Waals surface area contributed by atoms with Gasteiger partial charge in [-0.05, 0) is 56.7 Å². The van der Waals surface area contributed by atoms with Crippen molar-refractivity contribution in [3.8, 4) is 0 Å². The molecule has 0 radical (unpaired) electrons. The van der Waals surface area contributed by atoms with Crippen molar-refractivity contribution < 1.29 is 14.3 Å². The van der Waals surface area contributed by atoms with Crippen LogP contribution in [0.4, 0.5) is 16.2 Å². The lowest BCUT2D eigenvalue weighted by Crippen LogP contribution is -2.25. The van der Waals surface area contributed by atoms with E-state index in [9.17, 15) is 9.59 Å². The Bertz CT molecular complexity index is 1130. The summed E-state index contributed by atoms with van der Waals surface area (Å²) in [5, 5.41) is 7.45. The molecular weight excluding hydrogens is 404 g/mol. The topological polar surface area (TPSA) is 76.5 Å². The number of ether oxygens (including phenoxy) is 1. The van der Waals surface area contributed by atoms with Gasteiger partial charge in [-0.1, -0.05) is 29.8 Å². The lowest BCUT2D eigenvalue weighted by molar-refractivity contribution is -0.111. The van der Waals surface area contributed by atoms with Gasteiger partial charge in [0, 0.05) is 35.8 Å². The minimum atomic E-state index is -0.460. The number of rotatable bonds is 6. The van der Waals surface area contributed by atoms with Gasteiger partial charge in [0.1, 0.15) is 0 Å². The monoisotopic (exact) mass is 432 g/mol. The minimum Gasteiger partial charge on any atom is -0.452 e. The van der Waals surface area contributed by atoms with Gasteiger partial charge in [0.2, 0.25) is 5.91 Å². The molecule has 0 aliphatic heterocycles. The molecule has 0 spiro atoms. The van der Waals surface area contributed by atoms with Gasteiger partial charge in [-0.2, -0.15) is 5.10 Å². The summed E-state index contributed by atoms with van der Waals surface area (Å²) >= 11 is 0. The van der Waals surface area contributed by atoms with E-state index >= 15 is 0 Å². The van der Waals surface area contributed by atoms with E-state index in [-0.39, 0.29) is 5.91 Å². The Morgan fingerprint density at radius 1 is 1.06 bits per heavy atom. The Kier molecular flexibility index (Phi) is 7.10. The van der Waals surface area contributed by atoms with E-state index in [1.807, 2.05) is 18.5 Å². The van der Waals surface area contributed by atoms with E-state index in [0.717, 1.165) is 17.0 Å². The summed E-state index contributed by atoms with van der Waals surface area (Å²) in [6.07, 6.45) is 2.83. The molecule has 0 unspecified atom stereocenters. The summed E-state index contributed by atoms with van der Waals surface area (Å²) in [5.74, 6) is -0.246. The first kappa shape index (κ1) is 22.8. The van der Waals surface area contributed by atoms with Crippen LogP contribution in [-0.2, 0) is 16.1 Å². The van der Waals surface area contributed by atoms with E-state index in [1.54, 1.807) is 37.4 Å². The fraction of sp³-hybridized carbons (Fsp3) is 0.240. The molecule has 0 bridgehead atoms. The summed E-state index contributed by atoms with van der Waals surface area (Å²) in [7, 11) is 2.95. The van der Waals surface area contributed by atoms with E-state index < -0.39 is 6.09 Å². The van der Waals surface area contributed by atoms with E-state index in [0.29, 0.717) is 17.9 Å². The molecule has 2 aromatic carbocycles. The average molecular weight is 433 g/mol. The highest BCUT2D eigenvalue weighted by Crippen LogP contribution is 2.19. The lowest BCUT2D eigenvalue weighted by Gasteiger charge is -2.15. The lowest BCUT2D eigenvalue weighted by atomic mass is 10.1. The quantitative estimate of drug-likeness (QED) is 0.572. The number of carbonyl (C=O) groups is 2. The Labute approximate surface area is 188 Å². The Balaban J connectivity index is 1.66. The third kappa shape index (κ3) is 5.43. The van der Waals surface area contributed by atoms with Crippen LogP contribution in [0.5, 0.6) is 0 Å². The van der Waals surface area contributed by atoms with Crippen LogP contribution in [0.25, 0.3) is 6.08 Å². The molecule has 0 aliphatic rings. The molecule has 2 amide bonds. The highest BCUT2D eigenvalue weighted by molar-refractivity contribution is 6.02. The smallest absolute Gasteiger partial charge is 0.413 e. The van der Waals surface area contributed by atoms with Crippen molar-refractivity contribution in [2.75, 3.05) is 24.4 Å². The number of aryl methyl sites for hydroxylation is 2. The largest absolute Gasteiger partial charge is 0.452 e. The molecule has 0 atom stereocenters. The molecule has 0 aliphatic carbocycles.